The highest BCUT2D eigenvalue weighted by atomic mass is 15.1. The van der Waals surface area contributed by atoms with Gasteiger partial charge >= 0.3 is 0 Å². The molecule has 0 saturated carbocycles. The minimum atomic E-state index is -0.118. The highest BCUT2D eigenvalue weighted by Gasteiger charge is 2.36. The van der Waals surface area contributed by atoms with E-state index in [2.05, 4.69) is 243 Å². The third-order valence-electron chi connectivity index (χ3n) is 12.7. The van der Waals surface area contributed by atoms with Crippen molar-refractivity contribution in [2.75, 3.05) is 9.80 Å². The lowest BCUT2D eigenvalue weighted by molar-refractivity contribution is 0.660. The summed E-state index contributed by atoms with van der Waals surface area (Å²) in [6.45, 7) is 6.87. The lowest BCUT2D eigenvalue weighted by atomic mass is 9.82. The Labute approximate surface area is 352 Å². The minimum Gasteiger partial charge on any atom is -0.310 e. The van der Waals surface area contributed by atoms with Gasteiger partial charge in [0.05, 0.1) is 17.1 Å². The van der Waals surface area contributed by atoms with Crippen LogP contribution in [0.5, 0.6) is 0 Å². The van der Waals surface area contributed by atoms with Crippen molar-refractivity contribution in [2.24, 2.45) is 0 Å². The highest BCUT2D eigenvalue weighted by molar-refractivity contribution is 6.09. The molecule has 286 valence electrons. The number of nitrogens with zero attached hydrogens (tertiary/aromatic N) is 2. The average Bonchev–Trinajstić information content (AvgIpc) is 3.52. The standard InChI is InChI=1S/C58H44N2/c1-39-28-32-43(33-29-39)59(55-25-10-16-40-14-4-6-18-47(40)55)44-34-30-42(31-35-44)46-21-12-23-52-49(46)22-13-27-57(52)60(56-26-11-17-41-15-5-7-19-48(41)56)45-36-37-51-50-20-8-9-24-53(50)58(2,3)54(51)38-45/h4-38H,1-3H3. The van der Waals surface area contributed by atoms with Gasteiger partial charge in [0, 0.05) is 38.6 Å². The predicted octanol–water partition coefficient (Wildman–Crippen LogP) is 16.4. The molecule has 0 radical (unpaired) electrons. The summed E-state index contributed by atoms with van der Waals surface area (Å²) in [6, 6.07) is 78.1. The smallest absolute Gasteiger partial charge is 0.0540 e. The summed E-state index contributed by atoms with van der Waals surface area (Å²) in [5.74, 6) is 0. The summed E-state index contributed by atoms with van der Waals surface area (Å²) in [6.07, 6.45) is 0. The number of hydrogen-bond donors (Lipinski definition) is 0. The molecule has 0 bridgehead atoms. The zero-order valence-corrected chi connectivity index (χ0v) is 34.1. The quantitative estimate of drug-likeness (QED) is 0.159. The van der Waals surface area contributed by atoms with Crippen LogP contribution in [-0.2, 0) is 5.41 Å². The van der Waals surface area contributed by atoms with Crippen molar-refractivity contribution < 1.29 is 0 Å². The third-order valence-corrected chi connectivity index (χ3v) is 12.7. The fraction of sp³-hybridized carbons (Fsp3) is 0.0690. The molecule has 60 heavy (non-hydrogen) atoms. The summed E-state index contributed by atoms with van der Waals surface area (Å²) >= 11 is 0. The van der Waals surface area contributed by atoms with E-state index in [4.69, 9.17) is 0 Å². The molecule has 0 unspecified atom stereocenters. The van der Waals surface area contributed by atoms with Crippen LogP contribution in [0.1, 0.15) is 30.5 Å². The van der Waals surface area contributed by atoms with E-state index in [0.29, 0.717) is 0 Å². The molecule has 1 aliphatic rings. The number of rotatable bonds is 7. The molecule has 0 fully saturated rings. The number of anilines is 6. The molecule has 1 aliphatic carbocycles. The monoisotopic (exact) mass is 768 g/mol. The van der Waals surface area contributed by atoms with E-state index < -0.39 is 0 Å². The summed E-state index contributed by atoms with van der Waals surface area (Å²) in [4.78, 5) is 4.87. The summed E-state index contributed by atoms with van der Waals surface area (Å²) in [5.41, 5.74) is 15.8. The predicted molar refractivity (Wildman–Crippen MR) is 256 cm³/mol. The zero-order valence-electron chi connectivity index (χ0n) is 34.1. The van der Waals surface area contributed by atoms with Crippen LogP contribution in [0.2, 0.25) is 0 Å². The molecule has 0 saturated heterocycles. The van der Waals surface area contributed by atoms with Gasteiger partial charge in [-0.3, -0.25) is 0 Å². The van der Waals surface area contributed by atoms with E-state index in [1.807, 2.05) is 0 Å². The number of aryl methyl sites for hydroxylation is 1. The average molecular weight is 769 g/mol. The molecule has 0 spiro atoms. The van der Waals surface area contributed by atoms with Crippen molar-refractivity contribution in [2.45, 2.75) is 26.2 Å². The van der Waals surface area contributed by atoms with Gasteiger partial charge in [-0.25, -0.2) is 0 Å². The molecular weight excluding hydrogens is 725 g/mol. The zero-order chi connectivity index (χ0) is 40.4. The maximum absolute atomic E-state index is 2.49. The van der Waals surface area contributed by atoms with Crippen molar-refractivity contribution in [3.8, 4) is 22.3 Å². The van der Waals surface area contributed by atoms with Crippen molar-refractivity contribution in [3.05, 3.63) is 229 Å². The Morgan fingerprint density at radius 2 is 0.800 bits per heavy atom. The molecule has 0 aliphatic heterocycles. The van der Waals surface area contributed by atoms with Crippen LogP contribution >= 0.6 is 0 Å². The first kappa shape index (κ1) is 35.7. The largest absolute Gasteiger partial charge is 0.310 e. The second-order valence-electron chi connectivity index (χ2n) is 16.6. The Morgan fingerprint density at radius 3 is 1.50 bits per heavy atom. The van der Waals surface area contributed by atoms with Crippen molar-refractivity contribution in [3.63, 3.8) is 0 Å². The van der Waals surface area contributed by atoms with Crippen molar-refractivity contribution in [1.82, 2.24) is 0 Å². The molecular formula is C58H44N2. The van der Waals surface area contributed by atoms with Crippen LogP contribution in [-0.4, -0.2) is 0 Å². The second kappa shape index (κ2) is 14.1. The molecule has 0 atom stereocenters. The van der Waals surface area contributed by atoms with Gasteiger partial charge in [-0.2, -0.15) is 0 Å². The van der Waals surface area contributed by atoms with Crippen LogP contribution in [0, 0.1) is 6.92 Å². The normalized spacial score (nSPS) is 12.7. The van der Waals surface area contributed by atoms with Gasteiger partial charge in [-0.15, -0.1) is 0 Å². The molecule has 10 aromatic rings. The molecule has 0 amide bonds. The molecule has 11 rings (SSSR count). The first-order valence-corrected chi connectivity index (χ1v) is 20.9. The van der Waals surface area contributed by atoms with E-state index in [9.17, 15) is 0 Å². The molecule has 0 N–H and O–H groups in total. The lowest BCUT2D eigenvalue weighted by Gasteiger charge is -2.30. The fourth-order valence-corrected chi connectivity index (χ4v) is 9.70. The van der Waals surface area contributed by atoms with Crippen LogP contribution in [0.3, 0.4) is 0 Å². The van der Waals surface area contributed by atoms with Crippen LogP contribution < -0.4 is 9.80 Å². The Balaban J connectivity index is 1.06. The Hall–Kier alpha value is -7.42. The van der Waals surface area contributed by atoms with Gasteiger partial charge in [-0.05, 0) is 111 Å². The topological polar surface area (TPSA) is 6.48 Å². The molecule has 2 nitrogen and oxygen atoms in total. The first-order chi connectivity index (χ1) is 29.4. The highest BCUT2D eigenvalue weighted by Crippen LogP contribution is 2.52. The Kier molecular flexibility index (Phi) is 8.42. The van der Waals surface area contributed by atoms with Crippen LogP contribution in [0.25, 0.3) is 54.6 Å². The minimum absolute atomic E-state index is 0.118. The number of fused-ring (bicyclic) bond motifs is 6. The Morgan fingerprint density at radius 1 is 0.333 bits per heavy atom. The molecule has 0 aromatic heterocycles. The van der Waals surface area contributed by atoms with E-state index in [1.54, 1.807) is 0 Å². The van der Waals surface area contributed by atoms with Crippen molar-refractivity contribution in [1.29, 1.82) is 0 Å². The SMILES string of the molecule is Cc1ccc(N(c2ccc(-c3cccc4c(N(c5ccc6c(c5)C(C)(C)c5ccccc5-6)c5cccc6ccccc56)cccc34)cc2)c2cccc3ccccc23)cc1. The first-order valence-electron chi connectivity index (χ1n) is 20.9. The van der Waals surface area contributed by atoms with Crippen LogP contribution in [0.15, 0.2) is 212 Å². The van der Waals surface area contributed by atoms with Gasteiger partial charge in [0.1, 0.15) is 0 Å². The van der Waals surface area contributed by atoms with E-state index >= 15 is 0 Å². The van der Waals surface area contributed by atoms with Gasteiger partial charge in [0.15, 0.2) is 0 Å². The van der Waals surface area contributed by atoms with E-state index in [1.165, 1.54) is 71.3 Å². The van der Waals surface area contributed by atoms with Crippen molar-refractivity contribution >= 4 is 66.4 Å². The van der Waals surface area contributed by atoms with Gasteiger partial charge in [0.2, 0.25) is 0 Å². The van der Waals surface area contributed by atoms with E-state index in [0.717, 1.165) is 34.1 Å². The van der Waals surface area contributed by atoms with Gasteiger partial charge < -0.3 is 9.80 Å². The summed E-state index contributed by atoms with van der Waals surface area (Å²) in [5, 5.41) is 7.30. The molecule has 2 heteroatoms. The maximum Gasteiger partial charge on any atom is 0.0540 e. The molecule has 10 aromatic carbocycles. The lowest BCUT2D eigenvalue weighted by Crippen LogP contribution is -2.16. The van der Waals surface area contributed by atoms with Gasteiger partial charge in [-0.1, -0.05) is 177 Å². The third kappa shape index (κ3) is 5.79. The number of benzene rings is 10. The number of hydrogen-bond acceptors (Lipinski definition) is 2. The van der Waals surface area contributed by atoms with E-state index in [-0.39, 0.29) is 5.41 Å². The second-order valence-corrected chi connectivity index (χ2v) is 16.6. The summed E-state index contributed by atoms with van der Waals surface area (Å²) < 4.78 is 0. The summed E-state index contributed by atoms with van der Waals surface area (Å²) in [7, 11) is 0. The maximum atomic E-state index is 2.49. The van der Waals surface area contributed by atoms with Crippen LogP contribution in [0.4, 0.5) is 34.1 Å². The Bertz CT molecular complexity index is 3240. The van der Waals surface area contributed by atoms with Gasteiger partial charge in [0.25, 0.3) is 0 Å². The molecule has 0 heterocycles. The fourth-order valence-electron chi connectivity index (χ4n) is 9.70.